The summed E-state index contributed by atoms with van der Waals surface area (Å²) in [7, 11) is 0. The van der Waals surface area contributed by atoms with E-state index < -0.39 is 17.8 Å². The lowest BCUT2D eigenvalue weighted by molar-refractivity contribution is 0.0996. The van der Waals surface area contributed by atoms with Crippen molar-refractivity contribution in [3.63, 3.8) is 0 Å². The van der Waals surface area contributed by atoms with Gasteiger partial charge >= 0.3 is 6.09 Å². The number of primary amides is 2. The Morgan fingerprint density at radius 2 is 2.04 bits per heavy atom. The van der Waals surface area contributed by atoms with Gasteiger partial charge in [-0.2, -0.15) is 0 Å². The molecule has 2 aromatic rings. The number of aryl methyl sites for hydroxylation is 1. The van der Waals surface area contributed by atoms with Crippen LogP contribution in [0.4, 0.5) is 20.7 Å². The summed E-state index contributed by atoms with van der Waals surface area (Å²) in [6, 6.07) is 4.15. The van der Waals surface area contributed by atoms with E-state index in [1.54, 1.807) is 0 Å². The normalized spacial score (nSPS) is 10.4. The summed E-state index contributed by atoms with van der Waals surface area (Å²) in [5.41, 5.74) is 11.3. The van der Waals surface area contributed by atoms with E-state index in [4.69, 9.17) is 23.1 Å². The Balaban J connectivity index is 2.29. The first-order chi connectivity index (χ1) is 12.3. The maximum absolute atomic E-state index is 13.9. The van der Waals surface area contributed by atoms with Gasteiger partial charge in [-0.25, -0.2) is 19.2 Å². The SMILES string of the molecule is CCc1nc(C(N)=O)c(Nc2ccc(F)c(CCOC(N)=O)c2)nc1Cl. The van der Waals surface area contributed by atoms with Crippen LogP contribution in [0.3, 0.4) is 0 Å². The van der Waals surface area contributed by atoms with Crippen LogP contribution in [0.5, 0.6) is 0 Å². The molecule has 2 amide bonds. The molecule has 0 unspecified atom stereocenters. The maximum atomic E-state index is 13.9. The molecular formula is C16H17ClFN5O3. The molecule has 1 heterocycles. The number of nitrogens with one attached hydrogen (secondary N) is 1. The third-order valence-corrected chi connectivity index (χ3v) is 3.71. The fourth-order valence-electron chi connectivity index (χ4n) is 2.18. The first kappa shape index (κ1) is 19.4. The first-order valence-electron chi connectivity index (χ1n) is 7.65. The van der Waals surface area contributed by atoms with Crippen molar-refractivity contribution in [3.8, 4) is 0 Å². The van der Waals surface area contributed by atoms with Crippen molar-refractivity contribution < 1.29 is 18.7 Å². The van der Waals surface area contributed by atoms with Gasteiger partial charge in [0.05, 0.1) is 12.3 Å². The zero-order chi connectivity index (χ0) is 19.3. The van der Waals surface area contributed by atoms with E-state index in [1.165, 1.54) is 18.2 Å². The quantitative estimate of drug-likeness (QED) is 0.673. The topological polar surface area (TPSA) is 133 Å². The standard InChI is InChI=1S/C16H17ClFN5O3/c1-2-11-13(17)23-15(12(22-11)14(19)24)21-9-3-4-10(18)8(7-9)5-6-26-16(20)25/h3-4,7H,2,5-6H2,1H3,(H2,19,24)(H2,20,25)(H,21,23). The number of ether oxygens (including phenoxy) is 1. The highest BCUT2D eigenvalue weighted by molar-refractivity contribution is 6.30. The second kappa shape index (κ2) is 8.43. The van der Waals surface area contributed by atoms with Gasteiger partial charge in [0.1, 0.15) is 5.82 Å². The molecule has 0 aliphatic carbocycles. The zero-order valence-electron chi connectivity index (χ0n) is 13.9. The van der Waals surface area contributed by atoms with Crippen molar-refractivity contribution in [1.82, 2.24) is 9.97 Å². The number of aromatic nitrogens is 2. The number of rotatable bonds is 7. The third-order valence-electron chi connectivity index (χ3n) is 3.41. The predicted molar refractivity (Wildman–Crippen MR) is 93.9 cm³/mol. The van der Waals surface area contributed by atoms with E-state index in [0.29, 0.717) is 17.8 Å². The minimum absolute atomic E-state index is 0.0608. The molecule has 8 nitrogen and oxygen atoms in total. The van der Waals surface area contributed by atoms with Gasteiger partial charge in [-0.15, -0.1) is 0 Å². The van der Waals surface area contributed by atoms with Gasteiger partial charge in [0.15, 0.2) is 16.7 Å². The fraction of sp³-hybridized carbons (Fsp3) is 0.250. The van der Waals surface area contributed by atoms with Crippen LogP contribution in [-0.4, -0.2) is 28.6 Å². The van der Waals surface area contributed by atoms with E-state index in [2.05, 4.69) is 20.0 Å². The van der Waals surface area contributed by atoms with Gasteiger partial charge < -0.3 is 21.5 Å². The van der Waals surface area contributed by atoms with E-state index in [1.807, 2.05) is 6.92 Å². The van der Waals surface area contributed by atoms with Crippen molar-refractivity contribution in [2.24, 2.45) is 11.5 Å². The van der Waals surface area contributed by atoms with Crippen LogP contribution < -0.4 is 16.8 Å². The summed E-state index contributed by atoms with van der Waals surface area (Å²) in [5.74, 6) is -1.20. The molecule has 0 aliphatic rings. The van der Waals surface area contributed by atoms with Crippen molar-refractivity contribution >= 4 is 35.1 Å². The van der Waals surface area contributed by atoms with Crippen LogP contribution in [0.15, 0.2) is 18.2 Å². The molecule has 2 rings (SSSR count). The summed E-state index contributed by atoms with van der Waals surface area (Å²) >= 11 is 6.04. The molecule has 0 radical (unpaired) electrons. The third kappa shape index (κ3) is 4.79. The summed E-state index contributed by atoms with van der Waals surface area (Å²) < 4.78 is 18.5. The molecule has 10 heteroatoms. The molecule has 0 atom stereocenters. The number of hydrogen-bond donors (Lipinski definition) is 3. The minimum Gasteiger partial charge on any atom is -0.449 e. The van der Waals surface area contributed by atoms with Gasteiger partial charge in [-0.1, -0.05) is 18.5 Å². The summed E-state index contributed by atoms with van der Waals surface area (Å²) in [6.45, 7) is 1.74. The zero-order valence-corrected chi connectivity index (χ0v) is 14.6. The highest BCUT2D eigenvalue weighted by Crippen LogP contribution is 2.24. The molecule has 0 fully saturated rings. The van der Waals surface area contributed by atoms with Crippen molar-refractivity contribution in [1.29, 1.82) is 0 Å². The summed E-state index contributed by atoms with van der Waals surface area (Å²) in [4.78, 5) is 30.5. The molecule has 138 valence electrons. The van der Waals surface area contributed by atoms with Gasteiger partial charge in [-0.05, 0) is 30.2 Å². The Bertz CT molecular complexity index is 847. The highest BCUT2D eigenvalue weighted by atomic mass is 35.5. The molecule has 0 saturated heterocycles. The van der Waals surface area contributed by atoms with E-state index in [-0.39, 0.29) is 35.3 Å². The molecule has 0 spiro atoms. The molecular weight excluding hydrogens is 365 g/mol. The van der Waals surface area contributed by atoms with Crippen molar-refractivity contribution in [3.05, 3.63) is 46.1 Å². The number of carbonyl (C=O) groups excluding carboxylic acids is 2. The van der Waals surface area contributed by atoms with Gasteiger partial charge in [0.25, 0.3) is 5.91 Å². The molecule has 5 N–H and O–H groups in total. The molecule has 0 aliphatic heterocycles. The summed E-state index contributed by atoms with van der Waals surface area (Å²) in [6.07, 6.45) is -0.340. The Kier molecular flexibility index (Phi) is 6.29. The number of anilines is 2. The lowest BCUT2D eigenvalue weighted by Gasteiger charge is -2.12. The van der Waals surface area contributed by atoms with Crippen LogP contribution in [0.25, 0.3) is 0 Å². The van der Waals surface area contributed by atoms with Crippen LogP contribution in [0.2, 0.25) is 5.15 Å². The van der Waals surface area contributed by atoms with Crippen LogP contribution in [-0.2, 0) is 17.6 Å². The number of carbonyl (C=O) groups is 2. The molecule has 0 saturated carbocycles. The Hall–Kier alpha value is -2.94. The number of nitrogens with zero attached hydrogens (tertiary/aromatic N) is 2. The predicted octanol–water partition coefficient (Wildman–Crippen LogP) is 2.31. The molecule has 1 aromatic carbocycles. The Morgan fingerprint density at radius 3 is 2.65 bits per heavy atom. The second-order valence-electron chi connectivity index (χ2n) is 5.22. The van der Waals surface area contributed by atoms with Gasteiger partial charge in [-0.3, -0.25) is 4.79 Å². The van der Waals surface area contributed by atoms with Crippen LogP contribution in [0.1, 0.15) is 28.7 Å². The number of benzene rings is 1. The average molecular weight is 382 g/mol. The smallest absolute Gasteiger partial charge is 0.404 e. The van der Waals surface area contributed by atoms with E-state index in [9.17, 15) is 14.0 Å². The average Bonchev–Trinajstić information content (AvgIpc) is 2.57. The van der Waals surface area contributed by atoms with E-state index >= 15 is 0 Å². The first-order valence-corrected chi connectivity index (χ1v) is 8.03. The number of hydrogen-bond acceptors (Lipinski definition) is 6. The fourth-order valence-corrected chi connectivity index (χ4v) is 2.44. The minimum atomic E-state index is -0.938. The van der Waals surface area contributed by atoms with Crippen molar-refractivity contribution in [2.75, 3.05) is 11.9 Å². The highest BCUT2D eigenvalue weighted by Gasteiger charge is 2.16. The van der Waals surface area contributed by atoms with Gasteiger partial charge in [0, 0.05) is 12.1 Å². The monoisotopic (exact) mass is 381 g/mol. The summed E-state index contributed by atoms with van der Waals surface area (Å²) in [5, 5.41) is 2.99. The number of halogens is 2. The molecule has 0 bridgehead atoms. The number of nitrogens with two attached hydrogens (primary N) is 2. The Morgan fingerprint density at radius 1 is 1.31 bits per heavy atom. The second-order valence-corrected chi connectivity index (χ2v) is 5.58. The maximum Gasteiger partial charge on any atom is 0.404 e. The molecule has 26 heavy (non-hydrogen) atoms. The van der Waals surface area contributed by atoms with Crippen LogP contribution >= 0.6 is 11.6 Å². The lowest BCUT2D eigenvalue weighted by atomic mass is 10.1. The molecule has 1 aromatic heterocycles. The van der Waals surface area contributed by atoms with E-state index in [0.717, 1.165) is 0 Å². The largest absolute Gasteiger partial charge is 0.449 e. The number of amides is 2. The van der Waals surface area contributed by atoms with Gasteiger partial charge in [0.2, 0.25) is 0 Å². The lowest BCUT2D eigenvalue weighted by Crippen LogP contribution is -2.18. The van der Waals surface area contributed by atoms with Crippen molar-refractivity contribution in [2.45, 2.75) is 19.8 Å². The van der Waals surface area contributed by atoms with Crippen LogP contribution in [0, 0.1) is 5.82 Å². The Labute approximate surface area is 153 Å².